The lowest BCUT2D eigenvalue weighted by molar-refractivity contribution is 1.62. The normalized spacial score (nSPS) is 14.5. The van der Waals surface area contributed by atoms with Crippen LogP contribution in [0.5, 0.6) is 0 Å². The van der Waals surface area contributed by atoms with E-state index in [0.29, 0.717) is 0 Å². The topological polar surface area (TPSA) is 15.3 Å². The maximum absolute atomic E-state index is 3.45. The van der Waals surface area contributed by atoms with Gasteiger partial charge in [0, 0.05) is 4.47 Å². The molecule has 1 heterocycles. The lowest BCUT2D eigenvalue weighted by Crippen LogP contribution is -1.88. The molecule has 11 heavy (non-hydrogen) atoms. The monoisotopic (exact) mass is 294 g/mol. The summed E-state index contributed by atoms with van der Waals surface area (Å²) in [7, 11) is 0. The zero-order chi connectivity index (χ0) is 7.84. The van der Waals surface area contributed by atoms with Gasteiger partial charge in [0.05, 0.1) is 39.7 Å². The second kappa shape index (κ2) is 2.88. The van der Waals surface area contributed by atoms with E-state index in [0.717, 1.165) is 15.8 Å². The number of benzene rings is 1. The Morgan fingerprint density at radius 3 is 3.00 bits per heavy atom. The number of nitrogens with zero attached hydrogens (tertiary/aromatic N) is 1. The number of halogens is 2. The maximum Gasteiger partial charge on any atom is 0.0864 e. The van der Waals surface area contributed by atoms with Gasteiger partial charge in [-0.1, -0.05) is 6.07 Å². The van der Waals surface area contributed by atoms with Crippen LogP contribution >= 0.6 is 44.2 Å². The average molecular weight is 296 g/mol. The molecule has 0 aromatic heterocycles. The van der Waals surface area contributed by atoms with Crippen LogP contribution in [0.15, 0.2) is 22.7 Å². The number of para-hydroxylation sites is 1. The Kier molecular flexibility index (Phi) is 2.03. The Morgan fingerprint density at radius 2 is 2.27 bits per heavy atom. The van der Waals surface area contributed by atoms with Gasteiger partial charge in [-0.2, -0.15) is 0 Å². The van der Waals surface area contributed by atoms with Gasteiger partial charge < -0.3 is 4.72 Å². The van der Waals surface area contributed by atoms with Crippen LogP contribution in [0.1, 0.15) is 0 Å². The van der Waals surface area contributed by atoms with Crippen LogP contribution in [0.3, 0.4) is 0 Å². The van der Waals surface area contributed by atoms with Crippen molar-refractivity contribution in [3.05, 3.63) is 22.7 Å². The average Bonchev–Trinajstić information content (AvgIpc) is 2.35. The number of fused-ring (bicyclic) bond motifs is 1. The third-order valence-electron chi connectivity index (χ3n) is 1.41. The molecular formula is C6H4Br2N2S. The molecule has 0 radical (unpaired) electrons. The molecule has 0 amide bonds. The SMILES string of the molecule is Brc1cccc2c1NSN2Br. The van der Waals surface area contributed by atoms with Crippen LogP contribution in [-0.4, -0.2) is 0 Å². The lowest BCUT2D eigenvalue weighted by atomic mass is 10.3. The molecule has 0 bridgehead atoms. The molecular weight excluding hydrogens is 292 g/mol. The molecule has 0 aliphatic carbocycles. The van der Waals surface area contributed by atoms with Gasteiger partial charge in [-0.3, -0.25) is 0 Å². The minimum absolute atomic E-state index is 1.09. The van der Waals surface area contributed by atoms with Crippen molar-refractivity contribution in [1.82, 2.24) is 0 Å². The zero-order valence-electron chi connectivity index (χ0n) is 5.34. The fourth-order valence-electron chi connectivity index (χ4n) is 0.895. The molecule has 1 aromatic rings. The molecule has 1 N–H and O–H groups in total. The summed E-state index contributed by atoms with van der Waals surface area (Å²) >= 11 is 8.35. The molecule has 1 aliphatic heterocycles. The molecule has 0 atom stereocenters. The molecule has 58 valence electrons. The molecule has 0 saturated carbocycles. The summed E-state index contributed by atoms with van der Waals surface area (Å²) in [5.74, 6) is 0. The number of nitrogens with one attached hydrogen (secondary N) is 1. The van der Waals surface area contributed by atoms with E-state index in [2.05, 4.69) is 36.8 Å². The first-order chi connectivity index (χ1) is 5.29. The Labute approximate surface area is 86.1 Å². The summed E-state index contributed by atoms with van der Waals surface area (Å²) in [6.45, 7) is 0. The van der Waals surface area contributed by atoms with Gasteiger partial charge in [-0.15, -0.1) is 0 Å². The van der Waals surface area contributed by atoms with Gasteiger partial charge in [0.2, 0.25) is 0 Å². The van der Waals surface area contributed by atoms with Crippen molar-refractivity contribution < 1.29 is 0 Å². The van der Waals surface area contributed by atoms with E-state index in [9.17, 15) is 0 Å². The Bertz CT molecular complexity index is 292. The third-order valence-corrected chi connectivity index (χ3v) is 3.54. The molecule has 1 aliphatic rings. The minimum atomic E-state index is 1.09. The minimum Gasteiger partial charge on any atom is -0.308 e. The highest BCUT2D eigenvalue weighted by Crippen LogP contribution is 2.44. The zero-order valence-corrected chi connectivity index (χ0v) is 9.33. The predicted molar refractivity (Wildman–Crippen MR) is 56.8 cm³/mol. The highest BCUT2D eigenvalue weighted by Gasteiger charge is 2.19. The maximum atomic E-state index is 3.45. The highest BCUT2D eigenvalue weighted by atomic mass is 79.9. The summed E-state index contributed by atoms with van der Waals surface area (Å²) in [4.78, 5) is 0. The first-order valence-electron chi connectivity index (χ1n) is 2.96. The van der Waals surface area contributed by atoms with Crippen LogP contribution in [0, 0.1) is 0 Å². The predicted octanol–water partition coefficient (Wildman–Crippen LogP) is 3.55. The quantitative estimate of drug-likeness (QED) is 0.582. The van der Waals surface area contributed by atoms with Gasteiger partial charge in [0.15, 0.2) is 0 Å². The summed E-state index contributed by atoms with van der Waals surface area (Å²) in [6.07, 6.45) is 0. The first-order valence-corrected chi connectivity index (χ1v) is 5.24. The van der Waals surface area contributed by atoms with E-state index in [-0.39, 0.29) is 0 Å². The number of hydrogen-bond donors (Lipinski definition) is 1. The molecule has 0 spiro atoms. The van der Waals surface area contributed by atoms with Crippen molar-refractivity contribution in [1.29, 1.82) is 0 Å². The molecule has 0 unspecified atom stereocenters. The summed E-state index contributed by atoms with van der Waals surface area (Å²) in [5, 5.41) is 0. The smallest absolute Gasteiger partial charge is 0.0864 e. The Hall–Kier alpha value is 0.130. The van der Waals surface area contributed by atoms with E-state index in [1.807, 2.05) is 21.5 Å². The van der Waals surface area contributed by atoms with Crippen LogP contribution in [0.25, 0.3) is 0 Å². The fourth-order valence-corrected chi connectivity index (χ4v) is 2.63. The summed E-state index contributed by atoms with van der Waals surface area (Å²) in [5.41, 5.74) is 2.26. The number of hydrogen-bond acceptors (Lipinski definition) is 3. The fraction of sp³-hybridized carbons (Fsp3) is 0. The number of rotatable bonds is 0. The molecule has 2 rings (SSSR count). The molecule has 5 heteroatoms. The van der Waals surface area contributed by atoms with E-state index in [1.165, 1.54) is 12.1 Å². The van der Waals surface area contributed by atoms with Crippen LogP contribution in [0.2, 0.25) is 0 Å². The largest absolute Gasteiger partial charge is 0.308 e. The van der Waals surface area contributed by atoms with Gasteiger partial charge in [0.25, 0.3) is 0 Å². The van der Waals surface area contributed by atoms with E-state index >= 15 is 0 Å². The van der Waals surface area contributed by atoms with Gasteiger partial charge in [-0.25, -0.2) is 3.33 Å². The van der Waals surface area contributed by atoms with Crippen molar-refractivity contribution >= 4 is 55.6 Å². The first kappa shape index (κ1) is 7.76. The van der Waals surface area contributed by atoms with Gasteiger partial charge >= 0.3 is 0 Å². The van der Waals surface area contributed by atoms with Crippen molar-refractivity contribution in [3.8, 4) is 0 Å². The molecule has 1 aromatic carbocycles. The third kappa shape index (κ3) is 1.25. The Balaban J connectivity index is 2.57. The molecule has 2 nitrogen and oxygen atoms in total. The van der Waals surface area contributed by atoms with Crippen molar-refractivity contribution in [2.75, 3.05) is 8.05 Å². The molecule has 0 fully saturated rings. The Morgan fingerprint density at radius 1 is 1.45 bits per heavy atom. The van der Waals surface area contributed by atoms with Crippen molar-refractivity contribution in [2.45, 2.75) is 0 Å². The highest BCUT2D eigenvalue weighted by molar-refractivity contribution is 9.12. The van der Waals surface area contributed by atoms with E-state index < -0.39 is 0 Å². The lowest BCUT2D eigenvalue weighted by Gasteiger charge is -2.03. The van der Waals surface area contributed by atoms with Crippen molar-refractivity contribution in [2.24, 2.45) is 0 Å². The van der Waals surface area contributed by atoms with Gasteiger partial charge in [-0.05, 0) is 28.1 Å². The van der Waals surface area contributed by atoms with E-state index in [4.69, 9.17) is 0 Å². The van der Waals surface area contributed by atoms with Crippen LogP contribution in [-0.2, 0) is 0 Å². The van der Waals surface area contributed by atoms with Crippen LogP contribution < -0.4 is 8.05 Å². The second-order valence-electron chi connectivity index (χ2n) is 2.07. The van der Waals surface area contributed by atoms with Crippen molar-refractivity contribution in [3.63, 3.8) is 0 Å². The summed E-state index contributed by atoms with van der Waals surface area (Å²) in [6, 6.07) is 6.06. The van der Waals surface area contributed by atoms with Crippen LogP contribution in [0.4, 0.5) is 11.4 Å². The number of anilines is 2. The second-order valence-corrected chi connectivity index (χ2v) is 4.86. The van der Waals surface area contributed by atoms with Gasteiger partial charge in [0.1, 0.15) is 0 Å². The van der Waals surface area contributed by atoms with E-state index in [1.54, 1.807) is 0 Å². The molecule has 0 saturated heterocycles. The standard InChI is InChI=1S/C6H4Br2N2S/c7-4-2-1-3-5-6(4)9-11-10(5)8/h1-3,9H. The summed E-state index contributed by atoms with van der Waals surface area (Å²) < 4.78 is 6.16.